The third-order valence-corrected chi connectivity index (χ3v) is 5.24. The van der Waals surface area contributed by atoms with E-state index in [9.17, 15) is 4.79 Å². The van der Waals surface area contributed by atoms with E-state index in [-0.39, 0.29) is 5.91 Å². The minimum atomic E-state index is -0.188. The van der Waals surface area contributed by atoms with Crippen LogP contribution in [-0.2, 0) is 6.54 Å². The van der Waals surface area contributed by atoms with Crippen molar-refractivity contribution in [2.75, 3.05) is 4.90 Å². The Bertz CT molecular complexity index is 1050. The monoisotopic (exact) mass is 362 g/mol. The molecule has 4 nitrogen and oxygen atoms in total. The zero-order valence-corrected chi connectivity index (χ0v) is 15.4. The molecule has 26 heavy (non-hydrogen) atoms. The number of rotatable bonds is 4. The molecule has 2 aromatic heterocycles. The highest BCUT2D eigenvalue weighted by Crippen LogP contribution is 2.33. The Labute approximate surface area is 155 Å². The minimum absolute atomic E-state index is 0.188. The van der Waals surface area contributed by atoms with Crippen LogP contribution in [0.4, 0.5) is 5.13 Å². The van der Waals surface area contributed by atoms with E-state index in [0.717, 1.165) is 21.3 Å². The second kappa shape index (κ2) is 6.77. The van der Waals surface area contributed by atoms with Crippen molar-refractivity contribution in [1.82, 2.24) is 4.98 Å². The molecule has 0 unspecified atom stereocenters. The van der Waals surface area contributed by atoms with Crippen LogP contribution in [0.5, 0.6) is 0 Å². The molecular weight excluding hydrogens is 344 g/mol. The van der Waals surface area contributed by atoms with Crippen LogP contribution in [0.15, 0.2) is 65.3 Å². The molecule has 0 N–H and O–H groups in total. The molecule has 0 radical (unpaired) electrons. The van der Waals surface area contributed by atoms with E-state index >= 15 is 0 Å². The molecule has 2 heterocycles. The number of aryl methyl sites for hydroxylation is 2. The van der Waals surface area contributed by atoms with Gasteiger partial charge in [-0.2, -0.15) is 0 Å². The largest absolute Gasteiger partial charge is 0.459 e. The van der Waals surface area contributed by atoms with Crippen LogP contribution in [0.3, 0.4) is 0 Å². The Hall–Kier alpha value is -2.92. The molecule has 0 fully saturated rings. The molecule has 0 spiro atoms. The van der Waals surface area contributed by atoms with Crippen LogP contribution in [0, 0.1) is 13.8 Å². The zero-order valence-electron chi connectivity index (χ0n) is 14.6. The normalized spacial score (nSPS) is 11.0. The summed E-state index contributed by atoms with van der Waals surface area (Å²) >= 11 is 1.53. The number of anilines is 1. The topological polar surface area (TPSA) is 46.3 Å². The Balaban J connectivity index is 1.79. The summed E-state index contributed by atoms with van der Waals surface area (Å²) in [6.45, 7) is 4.56. The fourth-order valence-corrected chi connectivity index (χ4v) is 4.14. The predicted octanol–water partition coefficient (Wildman–Crippen LogP) is 5.35. The number of hydrogen-bond acceptors (Lipinski definition) is 4. The molecular formula is C21H18N2O2S. The first-order chi connectivity index (χ1) is 12.6. The number of nitrogens with zero attached hydrogens (tertiary/aromatic N) is 2. The van der Waals surface area contributed by atoms with Gasteiger partial charge in [0, 0.05) is 0 Å². The number of fused-ring (bicyclic) bond motifs is 1. The number of hydrogen-bond donors (Lipinski definition) is 0. The highest BCUT2D eigenvalue weighted by molar-refractivity contribution is 7.22. The van der Waals surface area contributed by atoms with Crippen molar-refractivity contribution in [3.05, 3.63) is 83.3 Å². The number of amides is 1. The van der Waals surface area contributed by atoms with Crippen molar-refractivity contribution >= 4 is 32.6 Å². The van der Waals surface area contributed by atoms with Crippen LogP contribution in [0.1, 0.15) is 27.2 Å². The van der Waals surface area contributed by atoms with E-state index in [1.165, 1.54) is 23.2 Å². The summed E-state index contributed by atoms with van der Waals surface area (Å²) in [6, 6.07) is 17.5. The van der Waals surface area contributed by atoms with Gasteiger partial charge in [-0.05, 0) is 48.7 Å². The number of carbonyl (C=O) groups is 1. The molecule has 5 heteroatoms. The lowest BCUT2D eigenvalue weighted by molar-refractivity contribution is 0.0958. The first-order valence-electron chi connectivity index (χ1n) is 8.39. The van der Waals surface area contributed by atoms with Crippen molar-refractivity contribution < 1.29 is 9.21 Å². The molecule has 0 bridgehead atoms. The average molecular weight is 362 g/mol. The molecule has 2 aromatic carbocycles. The molecule has 1 amide bonds. The maximum Gasteiger partial charge on any atom is 0.296 e. The molecule has 4 aromatic rings. The number of benzene rings is 2. The molecule has 0 aliphatic carbocycles. The average Bonchev–Trinajstić information content (AvgIpc) is 3.29. The van der Waals surface area contributed by atoms with Crippen LogP contribution < -0.4 is 4.90 Å². The van der Waals surface area contributed by atoms with Gasteiger partial charge in [0.25, 0.3) is 5.91 Å². The van der Waals surface area contributed by atoms with Crippen molar-refractivity contribution in [2.24, 2.45) is 0 Å². The predicted molar refractivity (Wildman–Crippen MR) is 105 cm³/mol. The van der Waals surface area contributed by atoms with Crippen LogP contribution >= 0.6 is 11.3 Å². The van der Waals surface area contributed by atoms with Gasteiger partial charge >= 0.3 is 0 Å². The summed E-state index contributed by atoms with van der Waals surface area (Å²) in [6.07, 6.45) is 1.51. The summed E-state index contributed by atoms with van der Waals surface area (Å²) in [5.41, 5.74) is 4.30. The molecule has 130 valence electrons. The van der Waals surface area contributed by atoms with E-state index in [1.807, 2.05) is 30.3 Å². The van der Waals surface area contributed by atoms with Gasteiger partial charge in [-0.1, -0.05) is 47.7 Å². The quantitative estimate of drug-likeness (QED) is 0.491. The lowest BCUT2D eigenvalue weighted by atomic mass is 10.1. The summed E-state index contributed by atoms with van der Waals surface area (Å²) < 4.78 is 6.42. The van der Waals surface area contributed by atoms with Gasteiger partial charge < -0.3 is 4.42 Å². The summed E-state index contributed by atoms with van der Waals surface area (Å²) in [5, 5.41) is 0.680. The second-order valence-corrected chi connectivity index (χ2v) is 7.29. The van der Waals surface area contributed by atoms with Gasteiger partial charge in [0.2, 0.25) is 0 Å². The van der Waals surface area contributed by atoms with Crippen LogP contribution in [-0.4, -0.2) is 10.9 Å². The smallest absolute Gasteiger partial charge is 0.296 e. The summed E-state index contributed by atoms with van der Waals surface area (Å²) in [4.78, 5) is 19.5. The fourth-order valence-electron chi connectivity index (χ4n) is 3.00. The summed E-state index contributed by atoms with van der Waals surface area (Å²) in [5.74, 6) is 0.125. The van der Waals surface area contributed by atoms with Gasteiger partial charge in [0.1, 0.15) is 0 Å². The standard InChI is InChI=1S/C21H18N2O2S/c1-14-11-15(2)19-18(12-14)26-21(22-19)23(13-16-7-4-3-5-8-16)20(24)17-9-6-10-25-17/h3-12H,13H2,1-2H3. The van der Waals surface area contributed by atoms with Gasteiger partial charge in [-0.15, -0.1) is 0 Å². The molecule has 0 saturated heterocycles. The van der Waals surface area contributed by atoms with E-state index in [0.29, 0.717) is 17.4 Å². The minimum Gasteiger partial charge on any atom is -0.459 e. The number of furan rings is 1. The Morgan fingerprint density at radius 1 is 1.12 bits per heavy atom. The van der Waals surface area contributed by atoms with E-state index in [4.69, 9.17) is 9.40 Å². The SMILES string of the molecule is Cc1cc(C)c2nc(N(Cc3ccccc3)C(=O)c3ccco3)sc2c1. The van der Waals surface area contributed by atoms with Crippen LogP contribution in [0.25, 0.3) is 10.2 Å². The van der Waals surface area contributed by atoms with E-state index in [2.05, 4.69) is 26.0 Å². The maximum atomic E-state index is 13.0. The molecule has 0 aliphatic rings. The second-order valence-electron chi connectivity index (χ2n) is 6.28. The zero-order chi connectivity index (χ0) is 18.1. The third kappa shape index (κ3) is 3.13. The highest BCUT2D eigenvalue weighted by Gasteiger charge is 2.24. The Morgan fingerprint density at radius 3 is 2.65 bits per heavy atom. The fraction of sp³-hybridized carbons (Fsp3) is 0.143. The van der Waals surface area contributed by atoms with Gasteiger partial charge in [-0.3, -0.25) is 9.69 Å². The first-order valence-corrected chi connectivity index (χ1v) is 9.20. The van der Waals surface area contributed by atoms with Gasteiger partial charge in [-0.25, -0.2) is 4.98 Å². The lowest BCUT2D eigenvalue weighted by Crippen LogP contribution is -2.30. The number of carbonyl (C=O) groups excluding carboxylic acids is 1. The summed E-state index contributed by atoms with van der Waals surface area (Å²) in [7, 11) is 0. The van der Waals surface area contributed by atoms with E-state index < -0.39 is 0 Å². The van der Waals surface area contributed by atoms with Crippen molar-refractivity contribution in [1.29, 1.82) is 0 Å². The van der Waals surface area contributed by atoms with Crippen molar-refractivity contribution in [3.8, 4) is 0 Å². The molecule has 0 atom stereocenters. The number of thiazole rings is 1. The van der Waals surface area contributed by atoms with Gasteiger partial charge in [0.15, 0.2) is 10.9 Å². The molecule has 0 saturated carbocycles. The van der Waals surface area contributed by atoms with Crippen molar-refractivity contribution in [3.63, 3.8) is 0 Å². The Morgan fingerprint density at radius 2 is 1.92 bits per heavy atom. The van der Waals surface area contributed by atoms with Crippen LogP contribution in [0.2, 0.25) is 0 Å². The lowest BCUT2D eigenvalue weighted by Gasteiger charge is -2.18. The first kappa shape index (κ1) is 16.5. The van der Waals surface area contributed by atoms with Gasteiger partial charge in [0.05, 0.1) is 23.0 Å². The van der Waals surface area contributed by atoms with E-state index in [1.54, 1.807) is 17.0 Å². The maximum absolute atomic E-state index is 13.0. The molecule has 4 rings (SSSR count). The number of aromatic nitrogens is 1. The third-order valence-electron chi connectivity index (χ3n) is 4.21. The highest BCUT2D eigenvalue weighted by atomic mass is 32.1. The Kier molecular flexibility index (Phi) is 4.31. The molecule has 0 aliphatic heterocycles. The van der Waals surface area contributed by atoms with Crippen molar-refractivity contribution in [2.45, 2.75) is 20.4 Å².